The molecular weight excluding hydrogens is 585 g/mol. The minimum atomic E-state index is 1.22. The van der Waals surface area contributed by atoms with Gasteiger partial charge in [0, 0.05) is 20.2 Å². The monoisotopic (exact) mass is 612 g/mol. The minimum absolute atomic E-state index is 1.22. The summed E-state index contributed by atoms with van der Waals surface area (Å²) in [5, 5.41) is 12.9. The Hall–Kier alpha value is -5.76. The van der Waals surface area contributed by atoms with E-state index in [1.54, 1.807) is 0 Å². The summed E-state index contributed by atoms with van der Waals surface area (Å²) in [6.45, 7) is 0. The van der Waals surface area contributed by atoms with Gasteiger partial charge in [-0.1, -0.05) is 127 Å². The molecule has 0 bridgehead atoms. The normalized spacial score (nSPS) is 11.8. The molecule has 47 heavy (non-hydrogen) atoms. The molecule has 0 amide bonds. The third kappa shape index (κ3) is 4.35. The van der Waals surface area contributed by atoms with Crippen molar-refractivity contribution >= 4 is 74.6 Å². The highest BCUT2D eigenvalue weighted by Crippen LogP contribution is 2.40. The van der Waals surface area contributed by atoms with Gasteiger partial charge in [-0.05, 0) is 119 Å². The maximum Gasteiger partial charge on any atom is 0.0361 e. The highest BCUT2D eigenvalue weighted by molar-refractivity contribution is 7.25. The van der Waals surface area contributed by atoms with Gasteiger partial charge in [-0.25, -0.2) is 0 Å². The van der Waals surface area contributed by atoms with E-state index >= 15 is 0 Å². The van der Waals surface area contributed by atoms with Gasteiger partial charge in [0.05, 0.1) is 0 Å². The fourth-order valence-electron chi connectivity index (χ4n) is 7.42. The molecule has 1 heteroatoms. The van der Waals surface area contributed by atoms with Gasteiger partial charge < -0.3 is 0 Å². The summed E-state index contributed by atoms with van der Waals surface area (Å²) in [5.41, 5.74) is 7.38. The molecule has 0 aliphatic heterocycles. The maximum atomic E-state index is 2.38. The van der Waals surface area contributed by atoms with E-state index < -0.39 is 0 Å². The Bertz CT molecular complexity index is 2710. The van der Waals surface area contributed by atoms with Crippen molar-refractivity contribution in [2.75, 3.05) is 0 Å². The van der Waals surface area contributed by atoms with E-state index in [-0.39, 0.29) is 0 Å². The van der Waals surface area contributed by atoms with Gasteiger partial charge in [0.2, 0.25) is 0 Å². The SMILES string of the molecule is c1ccc2c(c1)ccc1cc(-c3cc(-c4ccc5c(ccc6ccccc65)c4)cc(-c4ccc5c(c4)sc4ccccc45)c3)ccc12. The molecule has 0 atom stereocenters. The van der Waals surface area contributed by atoms with E-state index in [0.29, 0.717) is 0 Å². The van der Waals surface area contributed by atoms with E-state index in [4.69, 9.17) is 0 Å². The van der Waals surface area contributed by atoms with E-state index in [1.165, 1.54) is 96.6 Å². The molecule has 0 saturated carbocycles. The lowest BCUT2D eigenvalue weighted by Gasteiger charge is -2.14. The average Bonchev–Trinajstić information content (AvgIpc) is 3.52. The van der Waals surface area contributed by atoms with Crippen LogP contribution in [0.25, 0.3) is 96.6 Å². The number of hydrogen-bond donors (Lipinski definition) is 0. The lowest BCUT2D eigenvalue weighted by Crippen LogP contribution is -1.88. The molecule has 9 aromatic carbocycles. The molecule has 0 N–H and O–H groups in total. The van der Waals surface area contributed by atoms with Crippen molar-refractivity contribution in [1.82, 2.24) is 0 Å². The Labute approximate surface area is 276 Å². The highest BCUT2D eigenvalue weighted by Gasteiger charge is 2.12. The van der Waals surface area contributed by atoms with Crippen LogP contribution in [-0.4, -0.2) is 0 Å². The van der Waals surface area contributed by atoms with Crippen LogP contribution in [0.5, 0.6) is 0 Å². The van der Waals surface area contributed by atoms with Gasteiger partial charge in [-0.3, -0.25) is 0 Å². The first-order valence-electron chi connectivity index (χ1n) is 16.2. The van der Waals surface area contributed by atoms with Gasteiger partial charge in [-0.2, -0.15) is 0 Å². The van der Waals surface area contributed by atoms with Gasteiger partial charge >= 0.3 is 0 Å². The second kappa shape index (κ2) is 10.4. The smallest absolute Gasteiger partial charge is 0.0361 e. The lowest BCUT2D eigenvalue weighted by molar-refractivity contribution is 1.60. The fraction of sp³-hybridized carbons (Fsp3) is 0. The van der Waals surface area contributed by atoms with Gasteiger partial charge in [-0.15, -0.1) is 11.3 Å². The predicted octanol–water partition coefficient (Wildman–Crippen LogP) is 13.7. The molecule has 0 nitrogen and oxygen atoms in total. The number of rotatable bonds is 3. The number of hydrogen-bond acceptors (Lipinski definition) is 1. The summed E-state index contributed by atoms with van der Waals surface area (Å²) in [5.74, 6) is 0. The van der Waals surface area contributed by atoms with E-state index in [2.05, 4.69) is 170 Å². The Balaban J connectivity index is 1.18. The molecule has 10 rings (SSSR count). The van der Waals surface area contributed by atoms with Crippen LogP contribution in [0.1, 0.15) is 0 Å². The third-order valence-corrected chi connectivity index (χ3v) is 10.9. The van der Waals surface area contributed by atoms with Crippen molar-refractivity contribution in [1.29, 1.82) is 0 Å². The molecule has 0 unspecified atom stereocenters. The zero-order valence-electron chi connectivity index (χ0n) is 25.6. The molecule has 0 spiro atoms. The van der Waals surface area contributed by atoms with Crippen LogP contribution in [0.2, 0.25) is 0 Å². The third-order valence-electron chi connectivity index (χ3n) is 9.80. The lowest BCUT2D eigenvalue weighted by atomic mass is 9.91. The molecule has 0 radical (unpaired) electrons. The summed E-state index contributed by atoms with van der Waals surface area (Å²) in [6, 6.07) is 63.0. The molecular formula is C46H28S. The van der Waals surface area contributed by atoms with Crippen LogP contribution in [0.15, 0.2) is 170 Å². The zero-order chi connectivity index (χ0) is 30.9. The van der Waals surface area contributed by atoms with Crippen molar-refractivity contribution in [2.24, 2.45) is 0 Å². The molecule has 0 saturated heterocycles. The molecule has 1 heterocycles. The van der Waals surface area contributed by atoms with E-state index in [0.717, 1.165) is 0 Å². The van der Waals surface area contributed by atoms with E-state index in [9.17, 15) is 0 Å². The predicted molar refractivity (Wildman–Crippen MR) is 206 cm³/mol. The average molecular weight is 613 g/mol. The first-order valence-corrected chi connectivity index (χ1v) is 17.0. The first-order chi connectivity index (χ1) is 23.2. The van der Waals surface area contributed by atoms with Crippen molar-refractivity contribution in [3.05, 3.63) is 170 Å². The van der Waals surface area contributed by atoms with Crippen molar-refractivity contribution < 1.29 is 0 Å². The van der Waals surface area contributed by atoms with Crippen molar-refractivity contribution in [3.63, 3.8) is 0 Å². The molecule has 0 aliphatic carbocycles. The topological polar surface area (TPSA) is 0 Å². The fourth-order valence-corrected chi connectivity index (χ4v) is 8.56. The van der Waals surface area contributed by atoms with Crippen molar-refractivity contribution in [2.45, 2.75) is 0 Å². The number of fused-ring (bicyclic) bond motifs is 9. The van der Waals surface area contributed by atoms with Crippen LogP contribution >= 0.6 is 11.3 Å². The Kier molecular flexibility index (Phi) is 5.85. The van der Waals surface area contributed by atoms with Crippen LogP contribution in [0, 0.1) is 0 Å². The van der Waals surface area contributed by atoms with Crippen LogP contribution in [-0.2, 0) is 0 Å². The molecule has 0 aliphatic rings. The summed E-state index contributed by atoms with van der Waals surface area (Å²) in [6.07, 6.45) is 0. The second-order valence-corrected chi connectivity index (χ2v) is 13.6. The summed E-state index contributed by atoms with van der Waals surface area (Å²) in [7, 11) is 0. The highest BCUT2D eigenvalue weighted by atomic mass is 32.1. The van der Waals surface area contributed by atoms with Crippen LogP contribution in [0.3, 0.4) is 0 Å². The van der Waals surface area contributed by atoms with Gasteiger partial charge in [0.15, 0.2) is 0 Å². The number of thiophene rings is 1. The van der Waals surface area contributed by atoms with E-state index in [1.807, 2.05) is 11.3 Å². The Morgan fingerprint density at radius 2 is 0.638 bits per heavy atom. The Morgan fingerprint density at radius 3 is 1.21 bits per heavy atom. The maximum absolute atomic E-state index is 2.38. The van der Waals surface area contributed by atoms with Gasteiger partial charge in [0.1, 0.15) is 0 Å². The largest absolute Gasteiger partial charge is 0.135 e. The molecule has 1 aromatic heterocycles. The summed E-state index contributed by atoms with van der Waals surface area (Å²) < 4.78 is 2.66. The quantitative estimate of drug-likeness (QED) is 0.174. The van der Waals surface area contributed by atoms with Gasteiger partial charge in [0.25, 0.3) is 0 Å². The molecule has 0 fully saturated rings. The Morgan fingerprint density at radius 1 is 0.234 bits per heavy atom. The summed E-state index contributed by atoms with van der Waals surface area (Å²) >= 11 is 1.88. The molecule has 218 valence electrons. The summed E-state index contributed by atoms with van der Waals surface area (Å²) in [4.78, 5) is 0. The number of benzene rings is 9. The zero-order valence-corrected chi connectivity index (χ0v) is 26.4. The van der Waals surface area contributed by atoms with Crippen LogP contribution in [0.4, 0.5) is 0 Å². The second-order valence-electron chi connectivity index (χ2n) is 12.6. The minimum Gasteiger partial charge on any atom is -0.135 e. The molecule has 10 aromatic rings. The van der Waals surface area contributed by atoms with Crippen LogP contribution < -0.4 is 0 Å². The first kappa shape index (κ1) is 26.5. The standard InChI is InChI=1S/C46H28S/c1-3-9-39-29(7-1)13-15-34-23-31(17-20-41(34)39)36-25-37(32-18-21-42-35(24-32)16-14-30-8-2-4-10-40(30)42)27-38(26-36)33-19-22-44-43-11-5-6-12-45(43)47-46(44)28-33/h1-28H. The van der Waals surface area contributed by atoms with Crippen molar-refractivity contribution in [3.8, 4) is 33.4 Å².